The summed E-state index contributed by atoms with van der Waals surface area (Å²) in [6, 6.07) is 29.5. The molecule has 0 aliphatic carbocycles. The topological polar surface area (TPSA) is 112 Å². The number of carbonyl (C=O) groups excluding carboxylic acids is 1. The Hall–Kier alpha value is -4.69. The van der Waals surface area contributed by atoms with Crippen LogP contribution in [0.5, 0.6) is 0 Å². The van der Waals surface area contributed by atoms with Gasteiger partial charge in [0.25, 0.3) is 0 Å². The minimum atomic E-state index is -1.12. The number of hydrogen-bond acceptors (Lipinski definition) is 5. The Balaban J connectivity index is 1.57. The minimum Gasteiger partial charge on any atom is -0.465 e. The minimum absolute atomic E-state index is 0.105. The number of aromatic nitrogens is 1. The van der Waals surface area contributed by atoms with Crippen LogP contribution in [0.4, 0.5) is 9.59 Å². The number of hydrogen-bond donors (Lipinski definition) is 3. The zero-order chi connectivity index (χ0) is 32.4. The van der Waals surface area contributed by atoms with E-state index in [9.17, 15) is 19.8 Å². The molecule has 3 N–H and O–H groups in total. The molecule has 1 aromatic heterocycles. The van der Waals surface area contributed by atoms with E-state index >= 15 is 0 Å². The van der Waals surface area contributed by atoms with Crippen LogP contribution in [0.2, 0.25) is 0 Å². The average molecular weight is 610 g/mol. The molecule has 0 aliphatic rings. The van der Waals surface area contributed by atoms with E-state index < -0.39 is 35.9 Å². The molecule has 3 atom stereocenters. The molecule has 8 heteroatoms. The first-order chi connectivity index (χ1) is 21.5. The van der Waals surface area contributed by atoms with E-state index in [2.05, 4.69) is 10.3 Å². The molecule has 1 heterocycles. The maximum atomic E-state index is 13.0. The van der Waals surface area contributed by atoms with Crippen molar-refractivity contribution in [3.8, 4) is 11.3 Å². The Morgan fingerprint density at radius 1 is 0.844 bits per heavy atom. The van der Waals surface area contributed by atoms with E-state index in [1.54, 1.807) is 0 Å². The normalized spacial score (nSPS) is 13.4. The highest BCUT2D eigenvalue weighted by Gasteiger charge is 2.38. The van der Waals surface area contributed by atoms with Gasteiger partial charge in [-0.1, -0.05) is 91.0 Å². The summed E-state index contributed by atoms with van der Waals surface area (Å²) >= 11 is 0. The summed E-state index contributed by atoms with van der Waals surface area (Å²) in [6.45, 7) is 7.54. The Morgan fingerprint density at radius 3 is 2.00 bits per heavy atom. The quantitative estimate of drug-likeness (QED) is 0.159. The number of rotatable bonds is 12. The van der Waals surface area contributed by atoms with Crippen molar-refractivity contribution in [1.29, 1.82) is 0 Å². The number of aryl methyl sites for hydroxylation is 1. The van der Waals surface area contributed by atoms with Crippen molar-refractivity contribution in [1.82, 2.24) is 15.2 Å². The molecular weight excluding hydrogens is 566 g/mol. The van der Waals surface area contributed by atoms with Crippen molar-refractivity contribution in [3.63, 3.8) is 0 Å². The first-order valence-corrected chi connectivity index (χ1v) is 15.2. The Kier molecular flexibility index (Phi) is 11.3. The largest absolute Gasteiger partial charge is 0.465 e. The average Bonchev–Trinajstić information content (AvgIpc) is 3.00. The highest BCUT2D eigenvalue weighted by molar-refractivity contribution is 5.68. The van der Waals surface area contributed by atoms with Gasteiger partial charge < -0.3 is 20.3 Å². The predicted octanol–water partition coefficient (Wildman–Crippen LogP) is 7.04. The number of aliphatic hydroxyl groups excluding tert-OH is 1. The van der Waals surface area contributed by atoms with E-state index in [0.717, 1.165) is 33.5 Å². The number of pyridine rings is 1. The number of benzene rings is 3. The summed E-state index contributed by atoms with van der Waals surface area (Å²) in [6.07, 6.45) is -0.156. The van der Waals surface area contributed by atoms with Gasteiger partial charge in [0.1, 0.15) is 6.61 Å². The molecule has 0 aliphatic heterocycles. The predicted molar refractivity (Wildman–Crippen MR) is 176 cm³/mol. The number of nitrogens with one attached hydrogen (secondary N) is 1. The monoisotopic (exact) mass is 609 g/mol. The summed E-state index contributed by atoms with van der Waals surface area (Å²) < 4.78 is 5.52. The third kappa shape index (κ3) is 9.91. The van der Waals surface area contributed by atoms with E-state index in [-0.39, 0.29) is 13.0 Å². The lowest BCUT2D eigenvalue weighted by Gasteiger charge is -2.42. The van der Waals surface area contributed by atoms with Crippen LogP contribution < -0.4 is 5.32 Å². The first kappa shape index (κ1) is 33.2. The van der Waals surface area contributed by atoms with Gasteiger partial charge >= 0.3 is 12.2 Å². The fraction of sp³-hybridized carbons (Fsp3) is 0.324. The highest BCUT2D eigenvalue weighted by Crippen LogP contribution is 2.26. The molecule has 0 fully saturated rings. The zero-order valence-electron chi connectivity index (χ0n) is 26.4. The van der Waals surface area contributed by atoms with Gasteiger partial charge in [-0.05, 0) is 75.3 Å². The molecule has 0 spiro atoms. The number of carbonyl (C=O) groups is 2. The molecule has 0 radical (unpaired) electrons. The lowest BCUT2D eigenvalue weighted by atomic mass is 9.90. The van der Waals surface area contributed by atoms with Gasteiger partial charge in [0.05, 0.1) is 17.8 Å². The second kappa shape index (κ2) is 15.3. The van der Waals surface area contributed by atoms with Crippen LogP contribution in [0.1, 0.15) is 49.4 Å². The number of alkyl carbamates (subject to hydrolysis) is 1. The second-order valence-electron chi connectivity index (χ2n) is 12.4. The van der Waals surface area contributed by atoms with E-state index in [1.165, 1.54) is 4.90 Å². The molecule has 45 heavy (non-hydrogen) atoms. The molecule has 4 rings (SSSR count). The molecular formula is C37H43N3O5. The summed E-state index contributed by atoms with van der Waals surface area (Å²) in [5, 5.41) is 24.9. The molecule has 0 saturated carbocycles. The third-order valence-electron chi connectivity index (χ3n) is 7.70. The van der Waals surface area contributed by atoms with Crippen LogP contribution in [0.25, 0.3) is 11.3 Å². The van der Waals surface area contributed by atoms with Crippen molar-refractivity contribution in [2.75, 3.05) is 0 Å². The Bertz CT molecular complexity index is 1500. The third-order valence-corrected chi connectivity index (χ3v) is 7.70. The fourth-order valence-electron chi connectivity index (χ4n) is 5.49. The van der Waals surface area contributed by atoms with Gasteiger partial charge in [0.15, 0.2) is 0 Å². The number of amides is 2. The van der Waals surface area contributed by atoms with E-state index in [1.807, 2.05) is 131 Å². The number of carboxylic acid groups (broad SMARTS) is 1. The van der Waals surface area contributed by atoms with Gasteiger partial charge in [0, 0.05) is 23.3 Å². The SMILES string of the molecule is Cc1ccc(-c2ccc(C[C@@H](C[C@H](O)[C@H](Cc3ccccc3)N(C(=O)O)C(C)(C)C)NC(=O)OCc3ccccc3)cc2)nc1. The smallest absolute Gasteiger partial charge is 0.408 e. The summed E-state index contributed by atoms with van der Waals surface area (Å²) in [5.74, 6) is 0. The van der Waals surface area contributed by atoms with Crippen LogP contribution in [-0.4, -0.2) is 56.0 Å². The van der Waals surface area contributed by atoms with Crippen molar-refractivity contribution in [2.24, 2.45) is 0 Å². The summed E-state index contributed by atoms with van der Waals surface area (Å²) in [4.78, 5) is 31.4. The van der Waals surface area contributed by atoms with Crippen LogP contribution in [0.3, 0.4) is 0 Å². The molecule has 236 valence electrons. The van der Waals surface area contributed by atoms with Crippen molar-refractivity contribution < 1.29 is 24.5 Å². The Morgan fingerprint density at radius 2 is 1.44 bits per heavy atom. The van der Waals surface area contributed by atoms with Crippen molar-refractivity contribution >= 4 is 12.2 Å². The van der Waals surface area contributed by atoms with E-state index in [4.69, 9.17) is 4.74 Å². The van der Waals surface area contributed by atoms with Gasteiger partial charge in [-0.3, -0.25) is 9.88 Å². The lowest BCUT2D eigenvalue weighted by Crippen LogP contribution is -2.57. The van der Waals surface area contributed by atoms with Gasteiger partial charge in [-0.15, -0.1) is 0 Å². The van der Waals surface area contributed by atoms with Gasteiger partial charge in [-0.2, -0.15) is 0 Å². The highest BCUT2D eigenvalue weighted by atomic mass is 16.5. The molecule has 8 nitrogen and oxygen atoms in total. The number of ether oxygens (including phenoxy) is 1. The molecule has 0 saturated heterocycles. The van der Waals surface area contributed by atoms with Gasteiger partial charge in [0.2, 0.25) is 0 Å². The lowest BCUT2D eigenvalue weighted by molar-refractivity contribution is 0.000135. The maximum Gasteiger partial charge on any atom is 0.408 e. The van der Waals surface area contributed by atoms with Crippen LogP contribution in [0.15, 0.2) is 103 Å². The standard InChI is InChI=1S/C37H43N3O5/c1-26-15-20-32(38-24-26)30-18-16-28(17-19-30)21-31(39-35(42)45-25-29-13-9-6-10-14-29)23-34(41)33(22-27-11-7-5-8-12-27)40(36(43)44)37(2,3)4/h5-20,24,31,33-34,41H,21-23,25H2,1-4H3,(H,39,42)(H,43,44)/t31-,33-,34-/m0/s1. The van der Waals surface area contributed by atoms with Gasteiger partial charge in [-0.25, -0.2) is 9.59 Å². The summed E-state index contributed by atoms with van der Waals surface area (Å²) in [5.41, 5.74) is 4.84. The van der Waals surface area contributed by atoms with Crippen LogP contribution >= 0.6 is 0 Å². The molecule has 4 aromatic rings. The fourth-order valence-corrected chi connectivity index (χ4v) is 5.49. The van der Waals surface area contributed by atoms with Crippen molar-refractivity contribution in [2.45, 2.75) is 77.3 Å². The van der Waals surface area contributed by atoms with Crippen LogP contribution in [-0.2, 0) is 24.2 Å². The van der Waals surface area contributed by atoms with E-state index in [0.29, 0.717) is 12.8 Å². The zero-order valence-corrected chi connectivity index (χ0v) is 26.4. The molecule has 0 unspecified atom stereocenters. The molecule has 3 aromatic carbocycles. The Labute approximate surface area is 265 Å². The maximum absolute atomic E-state index is 13.0. The number of nitrogens with zero attached hydrogens (tertiary/aromatic N) is 2. The van der Waals surface area contributed by atoms with Crippen molar-refractivity contribution in [3.05, 3.63) is 126 Å². The van der Waals surface area contributed by atoms with Crippen LogP contribution in [0, 0.1) is 6.92 Å². The second-order valence-corrected chi connectivity index (χ2v) is 12.4. The summed E-state index contributed by atoms with van der Waals surface area (Å²) in [7, 11) is 0. The molecule has 0 bridgehead atoms. The number of aliphatic hydroxyl groups is 1. The first-order valence-electron chi connectivity index (χ1n) is 15.2. The molecule has 2 amide bonds.